The number of esters is 4. The maximum Gasteiger partial charge on any atom is 0.472 e. The van der Waals surface area contributed by atoms with Crippen molar-refractivity contribution in [2.24, 2.45) is 17.8 Å². The zero-order chi connectivity index (χ0) is 65.9. The number of phosphoric ester groups is 2. The van der Waals surface area contributed by atoms with E-state index in [2.05, 4.69) is 48.5 Å². The van der Waals surface area contributed by atoms with Gasteiger partial charge in [0.15, 0.2) is 12.2 Å². The van der Waals surface area contributed by atoms with Gasteiger partial charge in [-0.05, 0) is 43.4 Å². The predicted octanol–water partition coefficient (Wildman–Crippen LogP) is 19.8. The average molecular weight is 1310 g/mol. The first-order chi connectivity index (χ1) is 42.8. The topological polar surface area (TPSA) is 237 Å². The normalized spacial score (nSPS) is 14.8. The molecular weight excluding hydrogens is 1170 g/mol. The third-order valence-electron chi connectivity index (χ3n) is 16.9. The Morgan fingerprint density at radius 1 is 0.326 bits per heavy atom. The molecule has 0 radical (unpaired) electrons. The summed E-state index contributed by atoms with van der Waals surface area (Å²) in [7, 11) is -9.90. The molecule has 528 valence electrons. The molecule has 0 aliphatic rings. The van der Waals surface area contributed by atoms with E-state index in [1.54, 1.807) is 0 Å². The van der Waals surface area contributed by atoms with Crippen molar-refractivity contribution in [3.8, 4) is 0 Å². The number of aliphatic hydroxyl groups excluding tert-OH is 1. The number of rotatable bonds is 68. The molecule has 0 aromatic heterocycles. The van der Waals surface area contributed by atoms with Crippen LogP contribution in [0.15, 0.2) is 0 Å². The molecule has 7 atom stereocenters. The fourth-order valence-electron chi connectivity index (χ4n) is 10.5. The van der Waals surface area contributed by atoms with E-state index in [-0.39, 0.29) is 25.7 Å². The van der Waals surface area contributed by atoms with Crippen molar-refractivity contribution >= 4 is 39.5 Å². The highest BCUT2D eigenvalue weighted by Gasteiger charge is 2.30. The third kappa shape index (κ3) is 62.0. The Kier molecular flexibility index (Phi) is 59.6. The molecule has 89 heavy (non-hydrogen) atoms. The Morgan fingerprint density at radius 3 is 0.854 bits per heavy atom. The summed E-state index contributed by atoms with van der Waals surface area (Å²) in [5.41, 5.74) is 0. The number of carbonyl (C=O) groups is 4. The summed E-state index contributed by atoms with van der Waals surface area (Å²) < 4.78 is 68.2. The summed E-state index contributed by atoms with van der Waals surface area (Å²) in [6, 6.07) is 0. The number of hydrogen-bond acceptors (Lipinski definition) is 15. The van der Waals surface area contributed by atoms with Gasteiger partial charge in [-0.1, -0.05) is 299 Å². The summed E-state index contributed by atoms with van der Waals surface area (Å²) in [5.74, 6) is 0.248. The fraction of sp³-hybridized carbons (Fsp3) is 0.943. The van der Waals surface area contributed by atoms with Gasteiger partial charge in [-0.3, -0.25) is 37.3 Å². The van der Waals surface area contributed by atoms with E-state index >= 15 is 0 Å². The van der Waals surface area contributed by atoms with Crippen molar-refractivity contribution in [3.05, 3.63) is 0 Å². The Hall–Kier alpha value is -1.94. The van der Waals surface area contributed by atoms with E-state index in [1.807, 2.05) is 0 Å². The molecule has 0 spiro atoms. The van der Waals surface area contributed by atoms with Crippen molar-refractivity contribution in [2.75, 3.05) is 39.6 Å². The highest BCUT2D eigenvalue weighted by Crippen LogP contribution is 2.45. The van der Waals surface area contributed by atoms with E-state index in [1.165, 1.54) is 148 Å². The van der Waals surface area contributed by atoms with E-state index in [9.17, 15) is 43.2 Å². The van der Waals surface area contributed by atoms with Crippen molar-refractivity contribution in [2.45, 2.75) is 369 Å². The molecule has 0 aromatic rings. The maximum atomic E-state index is 13.0. The lowest BCUT2D eigenvalue weighted by Gasteiger charge is -2.21. The number of hydrogen-bond donors (Lipinski definition) is 3. The molecule has 19 heteroatoms. The monoisotopic (exact) mass is 1310 g/mol. The second-order valence-corrected chi connectivity index (χ2v) is 29.1. The largest absolute Gasteiger partial charge is 0.472 e. The van der Waals surface area contributed by atoms with Crippen molar-refractivity contribution in [1.82, 2.24) is 0 Å². The third-order valence-corrected chi connectivity index (χ3v) is 18.8. The first-order valence-corrected chi connectivity index (χ1v) is 39.4. The molecule has 0 bridgehead atoms. The van der Waals surface area contributed by atoms with Crippen LogP contribution in [0.25, 0.3) is 0 Å². The summed E-state index contributed by atoms with van der Waals surface area (Å²) >= 11 is 0. The zero-order valence-electron chi connectivity index (χ0n) is 57.9. The van der Waals surface area contributed by atoms with Crippen molar-refractivity contribution in [1.29, 1.82) is 0 Å². The molecule has 0 saturated carbocycles. The second kappa shape index (κ2) is 61.0. The van der Waals surface area contributed by atoms with E-state index in [0.29, 0.717) is 25.7 Å². The quantitative estimate of drug-likeness (QED) is 0.0222. The molecule has 0 aliphatic carbocycles. The Morgan fingerprint density at radius 2 is 0.573 bits per heavy atom. The van der Waals surface area contributed by atoms with E-state index < -0.39 is 97.5 Å². The number of ether oxygens (including phenoxy) is 4. The highest BCUT2D eigenvalue weighted by molar-refractivity contribution is 7.47. The van der Waals surface area contributed by atoms with Gasteiger partial charge in [0.25, 0.3) is 0 Å². The minimum atomic E-state index is -4.95. The van der Waals surface area contributed by atoms with Crippen LogP contribution in [0, 0.1) is 17.8 Å². The molecular formula is C70H136O17P2. The van der Waals surface area contributed by atoms with Gasteiger partial charge in [-0.2, -0.15) is 0 Å². The first kappa shape index (κ1) is 87.1. The average Bonchev–Trinajstić information content (AvgIpc) is 3.60. The summed E-state index contributed by atoms with van der Waals surface area (Å²) in [6.07, 6.45) is 44.3. The summed E-state index contributed by atoms with van der Waals surface area (Å²) in [5, 5.41) is 10.6. The molecule has 3 N–H and O–H groups in total. The van der Waals surface area contributed by atoms with Gasteiger partial charge in [0.2, 0.25) is 0 Å². The van der Waals surface area contributed by atoms with Crippen LogP contribution in [0.1, 0.15) is 350 Å². The number of unbranched alkanes of at least 4 members (excludes halogenated alkanes) is 34. The van der Waals surface area contributed by atoms with Crippen LogP contribution in [-0.2, 0) is 65.4 Å². The van der Waals surface area contributed by atoms with Crippen LogP contribution in [0.4, 0.5) is 0 Å². The van der Waals surface area contributed by atoms with Gasteiger partial charge in [0.1, 0.15) is 19.3 Å². The lowest BCUT2D eigenvalue weighted by molar-refractivity contribution is -0.161. The molecule has 0 aliphatic heterocycles. The first-order valence-electron chi connectivity index (χ1n) is 36.4. The van der Waals surface area contributed by atoms with E-state index in [0.717, 1.165) is 120 Å². The van der Waals surface area contributed by atoms with Crippen LogP contribution in [0.5, 0.6) is 0 Å². The predicted molar refractivity (Wildman–Crippen MR) is 358 cm³/mol. The van der Waals surface area contributed by atoms with Crippen LogP contribution in [0.2, 0.25) is 0 Å². The van der Waals surface area contributed by atoms with Gasteiger partial charge in [-0.15, -0.1) is 0 Å². The van der Waals surface area contributed by atoms with Crippen LogP contribution in [0.3, 0.4) is 0 Å². The Labute approximate surface area is 543 Å². The van der Waals surface area contributed by atoms with Gasteiger partial charge in [-0.25, -0.2) is 9.13 Å². The molecule has 0 saturated heterocycles. The molecule has 0 amide bonds. The molecule has 0 aromatic carbocycles. The maximum absolute atomic E-state index is 13.0. The molecule has 0 rings (SSSR count). The molecule has 17 nitrogen and oxygen atoms in total. The molecule has 0 heterocycles. The minimum absolute atomic E-state index is 0.105. The lowest BCUT2D eigenvalue weighted by Crippen LogP contribution is -2.30. The highest BCUT2D eigenvalue weighted by atomic mass is 31.2. The summed E-state index contributed by atoms with van der Waals surface area (Å²) in [4.78, 5) is 72.4. The zero-order valence-corrected chi connectivity index (χ0v) is 59.7. The smallest absolute Gasteiger partial charge is 0.462 e. The van der Waals surface area contributed by atoms with Gasteiger partial charge < -0.3 is 33.8 Å². The molecule has 0 fully saturated rings. The van der Waals surface area contributed by atoms with Gasteiger partial charge in [0.05, 0.1) is 26.4 Å². The van der Waals surface area contributed by atoms with Gasteiger partial charge in [0, 0.05) is 25.7 Å². The SMILES string of the molecule is CCCCCCCCCC(=O)OC[C@H](COP(=O)(O)OC[C@H](O)COP(=O)(O)OC[C@@H](COC(=O)CCCCCCCCCCCCC(C)CC)OC(=O)CCCCCCCCCCCCCC(C)C)OC(=O)CCCCCCCCCCCCC(C)CC. The molecule has 4 unspecified atom stereocenters. The van der Waals surface area contributed by atoms with Gasteiger partial charge >= 0.3 is 39.5 Å². The van der Waals surface area contributed by atoms with Crippen molar-refractivity contribution in [3.63, 3.8) is 0 Å². The Balaban J connectivity index is 5.22. The summed E-state index contributed by atoms with van der Waals surface area (Å²) in [6.45, 7) is 11.9. The van der Waals surface area contributed by atoms with Crippen LogP contribution in [-0.4, -0.2) is 96.7 Å². The second-order valence-electron chi connectivity index (χ2n) is 26.2. The number of phosphoric acid groups is 2. The standard InChI is InChI=1S/C70H136O17P2/c1-8-11-12-13-27-37-44-51-67(72)80-57-65(86-70(75)54-47-40-33-26-20-18-23-30-36-43-50-63(7)10-3)59-84-88(76,77)82-55-64(71)56-83-89(78,79)85-60-66(87-69(74)53-46-39-32-25-16-14-15-21-28-34-41-48-61(4)5)58-81-68(73)52-45-38-31-24-19-17-22-29-35-42-49-62(6)9-2/h61-66,71H,8-60H2,1-7H3,(H,76,77)(H,78,79)/t62?,63?,64-,65+,66+/m0/s1. The minimum Gasteiger partial charge on any atom is -0.462 e. The van der Waals surface area contributed by atoms with E-state index in [4.69, 9.17) is 37.0 Å². The fourth-order valence-corrected chi connectivity index (χ4v) is 12.1. The Bertz CT molecular complexity index is 1750. The number of carbonyl (C=O) groups excluding carboxylic acids is 4. The number of aliphatic hydroxyl groups is 1. The van der Waals surface area contributed by atoms with Crippen LogP contribution >= 0.6 is 15.6 Å². The van der Waals surface area contributed by atoms with Crippen LogP contribution < -0.4 is 0 Å². The lowest BCUT2D eigenvalue weighted by atomic mass is 9.99. The van der Waals surface area contributed by atoms with Crippen molar-refractivity contribution < 1.29 is 80.2 Å².